The zero-order valence-corrected chi connectivity index (χ0v) is 4.50. The molecule has 0 spiro atoms. The Hall–Kier alpha value is -0.330. The van der Waals surface area contributed by atoms with Crippen LogP contribution in [0.2, 0.25) is 0 Å². The van der Waals surface area contributed by atoms with E-state index in [1.807, 2.05) is 6.92 Å². The molecular weight excluding hydrogens is 91.1 g/mol. The maximum Gasteiger partial charge on any atom is 0.0986 e. The molecule has 0 aromatic heterocycles. The average Bonchev–Trinajstić information content (AvgIpc) is 2.21. The molecule has 0 bridgehead atoms. The molecule has 0 nitrogen and oxygen atoms in total. The van der Waals surface area contributed by atoms with Crippen molar-refractivity contribution in [2.45, 2.75) is 19.8 Å². The Morgan fingerprint density at radius 1 is 1.71 bits per heavy atom. The van der Waals surface area contributed by atoms with Gasteiger partial charge in [-0.1, -0.05) is 13.5 Å². The van der Waals surface area contributed by atoms with E-state index < -0.39 is 0 Å². The molecule has 0 atom stereocenters. The van der Waals surface area contributed by atoms with Crippen molar-refractivity contribution in [1.82, 2.24) is 0 Å². The summed E-state index contributed by atoms with van der Waals surface area (Å²) in [6.07, 6.45) is 1.98. The molecule has 0 aromatic carbocycles. The highest BCUT2D eigenvalue weighted by molar-refractivity contribution is 5.09. The lowest BCUT2D eigenvalue weighted by Crippen LogP contribution is -1.89. The van der Waals surface area contributed by atoms with Crippen molar-refractivity contribution < 1.29 is 4.39 Å². The second-order valence-corrected chi connectivity index (χ2v) is 2.47. The van der Waals surface area contributed by atoms with E-state index >= 15 is 0 Å². The van der Waals surface area contributed by atoms with Crippen LogP contribution in [0.4, 0.5) is 4.39 Å². The molecule has 0 saturated heterocycles. The first-order valence-electron chi connectivity index (χ1n) is 2.50. The largest absolute Gasteiger partial charge is 0.212 e. The van der Waals surface area contributed by atoms with Gasteiger partial charge in [0.2, 0.25) is 0 Å². The summed E-state index contributed by atoms with van der Waals surface area (Å²) in [7, 11) is 0. The molecule has 0 aromatic rings. The van der Waals surface area contributed by atoms with Gasteiger partial charge >= 0.3 is 0 Å². The van der Waals surface area contributed by atoms with E-state index in [9.17, 15) is 4.39 Å². The van der Waals surface area contributed by atoms with Gasteiger partial charge in [-0.15, -0.1) is 0 Å². The van der Waals surface area contributed by atoms with Crippen LogP contribution in [0.25, 0.3) is 0 Å². The molecule has 40 valence electrons. The lowest BCUT2D eigenvalue weighted by atomic mass is 10.1. The van der Waals surface area contributed by atoms with Crippen LogP contribution in [-0.4, -0.2) is 0 Å². The van der Waals surface area contributed by atoms with Gasteiger partial charge in [0, 0.05) is 5.41 Å². The fourth-order valence-electron chi connectivity index (χ4n) is 0.459. The van der Waals surface area contributed by atoms with E-state index in [1.54, 1.807) is 0 Å². The highest BCUT2D eigenvalue weighted by Gasteiger charge is 2.40. The molecule has 1 heteroatoms. The van der Waals surface area contributed by atoms with E-state index in [-0.39, 0.29) is 11.2 Å². The number of rotatable bonds is 1. The minimum absolute atomic E-state index is 0.111. The van der Waals surface area contributed by atoms with Gasteiger partial charge in [-0.25, -0.2) is 4.39 Å². The Morgan fingerprint density at radius 2 is 2.14 bits per heavy atom. The van der Waals surface area contributed by atoms with Crippen molar-refractivity contribution in [2.24, 2.45) is 5.41 Å². The summed E-state index contributed by atoms with van der Waals surface area (Å²) in [5.41, 5.74) is -0.111. The second kappa shape index (κ2) is 1.09. The van der Waals surface area contributed by atoms with Gasteiger partial charge in [-0.2, -0.15) is 0 Å². The van der Waals surface area contributed by atoms with Crippen molar-refractivity contribution in [3.05, 3.63) is 12.4 Å². The summed E-state index contributed by atoms with van der Waals surface area (Å²) in [6.45, 7) is 5.12. The Kier molecular flexibility index (Phi) is 0.748. The Bertz CT molecular complexity index is 101. The standard InChI is InChI=1S/C6H9F/c1-5(7)6(2)3-4-6/h1,3-4H2,2H3. The van der Waals surface area contributed by atoms with Gasteiger partial charge in [0.05, 0.1) is 5.83 Å². The quantitative estimate of drug-likeness (QED) is 0.474. The van der Waals surface area contributed by atoms with Gasteiger partial charge < -0.3 is 0 Å². The first kappa shape index (κ1) is 4.82. The van der Waals surface area contributed by atoms with E-state index in [0.29, 0.717) is 0 Å². The summed E-state index contributed by atoms with van der Waals surface area (Å²) in [5.74, 6) is -0.146. The third-order valence-electron chi connectivity index (χ3n) is 1.65. The summed E-state index contributed by atoms with van der Waals surface area (Å²) in [4.78, 5) is 0. The van der Waals surface area contributed by atoms with E-state index in [0.717, 1.165) is 12.8 Å². The molecule has 1 aliphatic carbocycles. The van der Waals surface area contributed by atoms with Gasteiger partial charge in [0.15, 0.2) is 0 Å². The smallest absolute Gasteiger partial charge is 0.0986 e. The summed E-state index contributed by atoms with van der Waals surface area (Å²) < 4.78 is 12.1. The molecule has 1 saturated carbocycles. The first-order valence-corrected chi connectivity index (χ1v) is 2.50. The van der Waals surface area contributed by atoms with Gasteiger partial charge in [-0.3, -0.25) is 0 Å². The summed E-state index contributed by atoms with van der Waals surface area (Å²) in [6, 6.07) is 0. The zero-order chi connectivity index (χ0) is 5.49. The highest BCUT2D eigenvalue weighted by atomic mass is 19.1. The Balaban J connectivity index is 2.55. The van der Waals surface area contributed by atoms with Crippen molar-refractivity contribution in [2.75, 3.05) is 0 Å². The highest BCUT2D eigenvalue weighted by Crippen LogP contribution is 2.50. The van der Waals surface area contributed by atoms with Crippen LogP contribution in [0, 0.1) is 5.41 Å². The maximum atomic E-state index is 12.1. The molecule has 1 rings (SSSR count). The van der Waals surface area contributed by atoms with Gasteiger partial charge in [0.1, 0.15) is 0 Å². The van der Waals surface area contributed by atoms with Crippen LogP contribution in [0.5, 0.6) is 0 Å². The number of allylic oxidation sites excluding steroid dienone is 1. The third-order valence-corrected chi connectivity index (χ3v) is 1.65. The lowest BCUT2D eigenvalue weighted by Gasteiger charge is -1.98. The number of halogens is 1. The monoisotopic (exact) mass is 100 g/mol. The second-order valence-electron chi connectivity index (χ2n) is 2.47. The minimum atomic E-state index is -0.146. The molecular formula is C6H9F. The predicted octanol–water partition coefficient (Wildman–Crippen LogP) is 2.27. The molecule has 1 fully saturated rings. The number of hydrogen-bond acceptors (Lipinski definition) is 0. The normalized spacial score (nSPS) is 24.3. The van der Waals surface area contributed by atoms with Crippen LogP contribution >= 0.6 is 0 Å². The van der Waals surface area contributed by atoms with Crippen LogP contribution < -0.4 is 0 Å². The van der Waals surface area contributed by atoms with Crippen LogP contribution in [0.3, 0.4) is 0 Å². The fourth-order valence-corrected chi connectivity index (χ4v) is 0.459. The molecule has 0 amide bonds. The van der Waals surface area contributed by atoms with E-state index in [4.69, 9.17) is 0 Å². The molecule has 1 aliphatic rings. The fraction of sp³-hybridized carbons (Fsp3) is 0.667. The van der Waals surface area contributed by atoms with E-state index in [2.05, 4.69) is 6.58 Å². The molecule has 0 heterocycles. The van der Waals surface area contributed by atoms with Gasteiger partial charge in [0.25, 0.3) is 0 Å². The summed E-state index contributed by atoms with van der Waals surface area (Å²) >= 11 is 0. The third kappa shape index (κ3) is 0.671. The summed E-state index contributed by atoms with van der Waals surface area (Å²) in [5, 5.41) is 0. The van der Waals surface area contributed by atoms with Crippen LogP contribution in [0.15, 0.2) is 12.4 Å². The average molecular weight is 100 g/mol. The lowest BCUT2D eigenvalue weighted by molar-refractivity contribution is 0.484. The van der Waals surface area contributed by atoms with Crippen molar-refractivity contribution >= 4 is 0 Å². The molecule has 7 heavy (non-hydrogen) atoms. The van der Waals surface area contributed by atoms with Gasteiger partial charge in [-0.05, 0) is 12.8 Å². The predicted molar refractivity (Wildman–Crippen MR) is 27.6 cm³/mol. The Labute approximate surface area is 43.0 Å². The van der Waals surface area contributed by atoms with E-state index in [1.165, 1.54) is 0 Å². The zero-order valence-electron chi connectivity index (χ0n) is 4.50. The van der Waals surface area contributed by atoms with Crippen molar-refractivity contribution in [3.8, 4) is 0 Å². The Morgan fingerprint density at radius 3 is 2.14 bits per heavy atom. The van der Waals surface area contributed by atoms with Crippen molar-refractivity contribution in [1.29, 1.82) is 0 Å². The maximum absolute atomic E-state index is 12.1. The molecule has 0 radical (unpaired) electrons. The topological polar surface area (TPSA) is 0 Å². The first-order chi connectivity index (χ1) is 3.15. The SMILES string of the molecule is C=C(F)C1(C)CC1. The van der Waals surface area contributed by atoms with Crippen LogP contribution in [-0.2, 0) is 0 Å². The molecule has 0 aliphatic heterocycles. The minimum Gasteiger partial charge on any atom is -0.212 e. The number of hydrogen-bond donors (Lipinski definition) is 0. The van der Waals surface area contributed by atoms with Crippen LogP contribution in [0.1, 0.15) is 19.8 Å². The molecule has 0 N–H and O–H groups in total. The molecule has 0 unspecified atom stereocenters. The van der Waals surface area contributed by atoms with Crippen molar-refractivity contribution in [3.63, 3.8) is 0 Å².